The number of hydrogen-bond donors (Lipinski definition) is 0. The molecule has 82 valence electrons. The molecule has 0 N–H and O–H groups in total. The van der Waals surface area contributed by atoms with Gasteiger partial charge in [0.25, 0.3) is 0 Å². The Bertz CT molecular complexity index is 363. The largest absolute Gasteiger partial charge is 0.311 e. The molecular weight excluding hydrogens is 210 g/mol. The van der Waals surface area contributed by atoms with Crippen LogP contribution in [0.4, 0.5) is 5.69 Å². The number of aryl methyl sites for hydroxylation is 2. The van der Waals surface area contributed by atoms with Crippen LogP contribution >= 0.6 is 11.6 Å². The highest BCUT2D eigenvalue weighted by atomic mass is 35.5. The number of nitrogens with zero attached hydrogens (tertiary/aromatic N) is 1. The van der Waals surface area contributed by atoms with Crippen molar-refractivity contribution in [1.29, 1.82) is 0 Å². The lowest BCUT2D eigenvalue weighted by Crippen LogP contribution is -2.32. The maximum Gasteiger partial charge on any atom is 0.241 e. The molecule has 0 saturated heterocycles. The molecule has 0 heterocycles. The fourth-order valence-electron chi connectivity index (χ4n) is 1.56. The van der Waals surface area contributed by atoms with Crippen molar-refractivity contribution < 1.29 is 4.79 Å². The van der Waals surface area contributed by atoms with Crippen LogP contribution in [0.3, 0.4) is 0 Å². The summed E-state index contributed by atoms with van der Waals surface area (Å²) in [6.07, 6.45) is 0. The number of amides is 1. The van der Waals surface area contributed by atoms with E-state index in [4.69, 9.17) is 11.6 Å². The van der Waals surface area contributed by atoms with Crippen LogP contribution in [0, 0.1) is 13.8 Å². The minimum Gasteiger partial charge on any atom is -0.311 e. The quantitative estimate of drug-likeness (QED) is 0.725. The van der Waals surface area contributed by atoms with Gasteiger partial charge in [0.15, 0.2) is 0 Å². The smallest absolute Gasteiger partial charge is 0.241 e. The molecule has 0 bridgehead atoms. The van der Waals surface area contributed by atoms with Crippen LogP contribution < -0.4 is 4.90 Å². The molecule has 0 fully saturated rings. The van der Waals surface area contributed by atoms with Crippen molar-refractivity contribution in [1.82, 2.24) is 0 Å². The first kappa shape index (κ1) is 12.1. The van der Waals surface area contributed by atoms with E-state index in [-0.39, 0.29) is 11.8 Å². The highest BCUT2D eigenvalue weighted by Crippen LogP contribution is 2.21. The molecule has 1 rings (SSSR count). The summed E-state index contributed by atoms with van der Waals surface area (Å²) in [5.74, 6) is -0.0193. The van der Waals surface area contributed by atoms with Gasteiger partial charge >= 0.3 is 0 Å². The topological polar surface area (TPSA) is 20.3 Å². The van der Waals surface area contributed by atoms with E-state index < -0.39 is 0 Å². The number of halogens is 1. The molecule has 1 aromatic rings. The zero-order valence-electron chi connectivity index (χ0n) is 9.38. The molecule has 0 unspecified atom stereocenters. The van der Waals surface area contributed by atoms with Crippen molar-refractivity contribution in [2.75, 3.05) is 17.3 Å². The Hall–Kier alpha value is -1.02. The highest BCUT2D eigenvalue weighted by molar-refractivity contribution is 6.29. The Morgan fingerprint density at radius 2 is 2.07 bits per heavy atom. The van der Waals surface area contributed by atoms with Crippen molar-refractivity contribution in [2.45, 2.75) is 20.8 Å². The standard InChI is InChI=1S/C12H16ClNO/c1-4-14(12(15)8-13)11-7-9(2)5-6-10(11)3/h5-7H,4,8H2,1-3H3. The van der Waals surface area contributed by atoms with Gasteiger partial charge in [-0.05, 0) is 38.0 Å². The third-order valence-electron chi connectivity index (χ3n) is 2.39. The van der Waals surface area contributed by atoms with Gasteiger partial charge in [-0.25, -0.2) is 0 Å². The van der Waals surface area contributed by atoms with Crippen LogP contribution in [0.25, 0.3) is 0 Å². The van der Waals surface area contributed by atoms with Crippen molar-refractivity contribution in [3.05, 3.63) is 29.3 Å². The van der Waals surface area contributed by atoms with E-state index in [0.29, 0.717) is 6.54 Å². The number of alkyl halides is 1. The van der Waals surface area contributed by atoms with E-state index in [1.807, 2.05) is 39.0 Å². The normalized spacial score (nSPS) is 10.1. The van der Waals surface area contributed by atoms with E-state index in [1.54, 1.807) is 4.90 Å². The maximum absolute atomic E-state index is 11.6. The van der Waals surface area contributed by atoms with Gasteiger partial charge in [0.1, 0.15) is 5.88 Å². The monoisotopic (exact) mass is 225 g/mol. The molecule has 1 amide bonds. The summed E-state index contributed by atoms with van der Waals surface area (Å²) >= 11 is 5.58. The van der Waals surface area contributed by atoms with Crippen molar-refractivity contribution in [3.8, 4) is 0 Å². The number of carbonyl (C=O) groups is 1. The molecule has 1 aromatic carbocycles. The second kappa shape index (κ2) is 5.17. The van der Waals surface area contributed by atoms with E-state index in [2.05, 4.69) is 0 Å². The van der Waals surface area contributed by atoms with E-state index in [9.17, 15) is 4.79 Å². The predicted molar refractivity (Wildman–Crippen MR) is 64.7 cm³/mol. The Morgan fingerprint density at radius 1 is 1.40 bits per heavy atom. The summed E-state index contributed by atoms with van der Waals surface area (Å²) in [6, 6.07) is 6.08. The third-order valence-corrected chi connectivity index (χ3v) is 2.62. The fourth-order valence-corrected chi connectivity index (χ4v) is 1.71. The zero-order chi connectivity index (χ0) is 11.4. The molecule has 2 nitrogen and oxygen atoms in total. The van der Waals surface area contributed by atoms with Gasteiger partial charge in [-0.2, -0.15) is 0 Å². The predicted octanol–water partition coefficient (Wildman–Crippen LogP) is 2.90. The van der Waals surface area contributed by atoms with Gasteiger partial charge in [-0.1, -0.05) is 12.1 Å². The van der Waals surface area contributed by atoms with E-state index >= 15 is 0 Å². The molecule has 0 aromatic heterocycles. The number of benzene rings is 1. The molecule has 0 aliphatic carbocycles. The number of carbonyl (C=O) groups excluding carboxylic acids is 1. The van der Waals surface area contributed by atoms with Crippen molar-refractivity contribution >= 4 is 23.2 Å². The van der Waals surface area contributed by atoms with Gasteiger partial charge in [0.05, 0.1) is 0 Å². The Kier molecular flexibility index (Phi) is 4.15. The van der Waals surface area contributed by atoms with Gasteiger partial charge in [0, 0.05) is 12.2 Å². The van der Waals surface area contributed by atoms with Crippen LogP contribution in [0.2, 0.25) is 0 Å². The Balaban J connectivity index is 3.11. The molecule has 0 radical (unpaired) electrons. The van der Waals surface area contributed by atoms with Crippen LogP contribution in [0.5, 0.6) is 0 Å². The van der Waals surface area contributed by atoms with Crippen LogP contribution in [0.1, 0.15) is 18.1 Å². The lowest BCUT2D eigenvalue weighted by Gasteiger charge is -2.22. The molecule has 0 atom stereocenters. The average molecular weight is 226 g/mol. The summed E-state index contributed by atoms with van der Waals surface area (Å²) in [5, 5.41) is 0. The Morgan fingerprint density at radius 3 is 2.60 bits per heavy atom. The van der Waals surface area contributed by atoms with Crippen LogP contribution in [-0.2, 0) is 4.79 Å². The number of hydrogen-bond acceptors (Lipinski definition) is 1. The SMILES string of the molecule is CCN(C(=O)CCl)c1cc(C)ccc1C. The van der Waals surface area contributed by atoms with Crippen LogP contribution in [0.15, 0.2) is 18.2 Å². The summed E-state index contributed by atoms with van der Waals surface area (Å²) < 4.78 is 0. The molecule has 0 saturated carbocycles. The lowest BCUT2D eigenvalue weighted by atomic mass is 10.1. The van der Waals surface area contributed by atoms with Gasteiger partial charge in [-0.3, -0.25) is 4.79 Å². The van der Waals surface area contributed by atoms with Gasteiger partial charge < -0.3 is 4.90 Å². The summed E-state index contributed by atoms with van der Waals surface area (Å²) in [5.41, 5.74) is 3.21. The Labute approximate surface area is 95.8 Å². The minimum absolute atomic E-state index is 0.0290. The molecule has 0 aliphatic heterocycles. The molecule has 15 heavy (non-hydrogen) atoms. The molecular formula is C12H16ClNO. The van der Waals surface area contributed by atoms with Crippen LogP contribution in [-0.4, -0.2) is 18.3 Å². The highest BCUT2D eigenvalue weighted by Gasteiger charge is 2.14. The first-order valence-electron chi connectivity index (χ1n) is 5.03. The first-order chi connectivity index (χ1) is 7.10. The summed E-state index contributed by atoms with van der Waals surface area (Å²) in [7, 11) is 0. The number of rotatable bonds is 3. The minimum atomic E-state index is -0.0483. The molecule has 0 spiro atoms. The van der Waals surface area contributed by atoms with Gasteiger partial charge in [0.2, 0.25) is 5.91 Å². The summed E-state index contributed by atoms with van der Waals surface area (Å²) in [6.45, 7) is 6.61. The molecule has 3 heteroatoms. The zero-order valence-corrected chi connectivity index (χ0v) is 10.1. The first-order valence-corrected chi connectivity index (χ1v) is 5.57. The third kappa shape index (κ3) is 2.72. The maximum atomic E-state index is 11.6. The fraction of sp³-hybridized carbons (Fsp3) is 0.417. The molecule has 0 aliphatic rings. The van der Waals surface area contributed by atoms with Crippen molar-refractivity contribution in [3.63, 3.8) is 0 Å². The van der Waals surface area contributed by atoms with Crippen molar-refractivity contribution in [2.24, 2.45) is 0 Å². The van der Waals surface area contributed by atoms with Gasteiger partial charge in [-0.15, -0.1) is 11.6 Å². The van der Waals surface area contributed by atoms with E-state index in [1.165, 1.54) is 0 Å². The number of anilines is 1. The average Bonchev–Trinajstić information content (AvgIpc) is 2.23. The van der Waals surface area contributed by atoms with E-state index in [0.717, 1.165) is 16.8 Å². The second-order valence-electron chi connectivity index (χ2n) is 3.56. The lowest BCUT2D eigenvalue weighted by molar-refractivity contribution is -0.116. The second-order valence-corrected chi connectivity index (χ2v) is 3.83. The summed E-state index contributed by atoms with van der Waals surface area (Å²) in [4.78, 5) is 13.3.